The molecule has 0 fully saturated rings. The van der Waals surface area contributed by atoms with E-state index in [0.717, 1.165) is 29.2 Å². The maximum atomic E-state index is 6.37. The summed E-state index contributed by atoms with van der Waals surface area (Å²) >= 11 is 12.0. The van der Waals surface area contributed by atoms with Crippen molar-refractivity contribution in [1.82, 2.24) is 9.97 Å². The van der Waals surface area contributed by atoms with Crippen LogP contribution in [0, 0.1) is 0 Å². The van der Waals surface area contributed by atoms with Crippen LogP contribution in [-0.2, 0) is 5.54 Å². The summed E-state index contributed by atoms with van der Waals surface area (Å²) in [6.45, 7) is 4.10. The average Bonchev–Trinajstić information content (AvgIpc) is 2.28. The van der Waals surface area contributed by atoms with Crippen molar-refractivity contribution in [1.29, 1.82) is 0 Å². The molecule has 0 aliphatic rings. The van der Waals surface area contributed by atoms with Crippen molar-refractivity contribution in [3.8, 4) is 0 Å². The Morgan fingerprint density at radius 2 is 1.94 bits per heavy atom. The van der Waals surface area contributed by atoms with E-state index in [1.165, 1.54) is 0 Å². The molecule has 0 saturated heterocycles. The molecule has 0 bridgehead atoms. The Labute approximate surface area is 116 Å². The summed E-state index contributed by atoms with van der Waals surface area (Å²) in [4.78, 5) is 8.23. The molecule has 0 aliphatic heterocycles. The summed E-state index contributed by atoms with van der Waals surface area (Å²) in [7, 11) is 0. The fourth-order valence-electron chi connectivity index (χ4n) is 2.19. The van der Waals surface area contributed by atoms with E-state index in [0.29, 0.717) is 10.3 Å². The van der Waals surface area contributed by atoms with E-state index in [9.17, 15) is 0 Å². The minimum absolute atomic E-state index is 0.421. The molecule has 2 rings (SSSR count). The first kappa shape index (κ1) is 13.5. The smallest absolute Gasteiger partial charge is 0.138 e. The molecular weight excluding hydrogens is 269 g/mol. The van der Waals surface area contributed by atoms with Crippen molar-refractivity contribution in [2.75, 3.05) is 0 Å². The highest BCUT2D eigenvalue weighted by molar-refractivity contribution is 6.35. The largest absolute Gasteiger partial charge is 0.322 e. The monoisotopic (exact) mass is 283 g/mol. The quantitative estimate of drug-likeness (QED) is 0.869. The van der Waals surface area contributed by atoms with Gasteiger partial charge in [0, 0.05) is 23.3 Å². The second-order valence-electron chi connectivity index (χ2n) is 4.68. The molecule has 1 unspecified atom stereocenters. The first-order valence-corrected chi connectivity index (χ1v) is 6.60. The van der Waals surface area contributed by atoms with E-state index in [-0.39, 0.29) is 0 Å². The zero-order valence-electron chi connectivity index (χ0n) is 10.4. The first-order valence-electron chi connectivity index (χ1n) is 5.85. The van der Waals surface area contributed by atoms with E-state index < -0.39 is 5.54 Å². The number of halogens is 2. The van der Waals surface area contributed by atoms with Crippen LogP contribution in [0.25, 0.3) is 10.8 Å². The number of nitrogens with two attached hydrogens (primary N) is 1. The molecule has 0 aromatic carbocycles. The fraction of sp³-hybridized carbons (Fsp3) is 0.385. The van der Waals surface area contributed by atoms with Crippen molar-refractivity contribution in [3.63, 3.8) is 0 Å². The van der Waals surface area contributed by atoms with Crippen LogP contribution in [0.5, 0.6) is 0 Å². The normalized spacial score (nSPS) is 14.7. The third-order valence-electron chi connectivity index (χ3n) is 3.07. The Balaban J connectivity index is 2.72. The first-order chi connectivity index (χ1) is 8.45. The predicted molar refractivity (Wildman–Crippen MR) is 76.0 cm³/mol. The van der Waals surface area contributed by atoms with E-state index in [1.54, 1.807) is 18.5 Å². The summed E-state index contributed by atoms with van der Waals surface area (Å²) in [6.07, 6.45) is 5.23. The Bertz CT molecular complexity index is 582. The van der Waals surface area contributed by atoms with E-state index >= 15 is 0 Å². The van der Waals surface area contributed by atoms with Gasteiger partial charge in [-0.2, -0.15) is 0 Å². The van der Waals surface area contributed by atoms with Gasteiger partial charge in [0.25, 0.3) is 0 Å². The molecule has 5 heteroatoms. The summed E-state index contributed by atoms with van der Waals surface area (Å²) < 4.78 is 0. The zero-order valence-corrected chi connectivity index (χ0v) is 11.9. The van der Waals surface area contributed by atoms with E-state index in [1.807, 2.05) is 6.92 Å². The molecular formula is C13H15Cl2N3. The number of nitrogens with zero attached hydrogens (tertiary/aromatic N) is 2. The molecule has 0 saturated carbocycles. The summed E-state index contributed by atoms with van der Waals surface area (Å²) in [5.41, 5.74) is 6.87. The Morgan fingerprint density at radius 1 is 1.22 bits per heavy atom. The number of fused-ring (bicyclic) bond motifs is 1. The lowest BCUT2D eigenvalue weighted by Crippen LogP contribution is -2.33. The average molecular weight is 284 g/mol. The highest BCUT2D eigenvalue weighted by Gasteiger charge is 2.23. The van der Waals surface area contributed by atoms with Crippen LogP contribution in [-0.4, -0.2) is 9.97 Å². The van der Waals surface area contributed by atoms with Crippen LogP contribution >= 0.6 is 23.2 Å². The van der Waals surface area contributed by atoms with Crippen LogP contribution < -0.4 is 5.73 Å². The van der Waals surface area contributed by atoms with Crippen LogP contribution in [0.4, 0.5) is 0 Å². The summed E-state index contributed by atoms with van der Waals surface area (Å²) in [5, 5.41) is 2.56. The number of hydrogen-bond acceptors (Lipinski definition) is 3. The molecule has 2 aromatic rings. The third kappa shape index (κ3) is 2.44. The van der Waals surface area contributed by atoms with Gasteiger partial charge < -0.3 is 5.73 Å². The summed E-state index contributed by atoms with van der Waals surface area (Å²) in [6, 6.07) is 1.79. The van der Waals surface area contributed by atoms with Gasteiger partial charge in [0.05, 0.1) is 0 Å². The van der Waals surface area contributed by atoms with E-state index in [2.05, 4.69) is 16.9 Å². The van der Waals surface area contributed by atoms with Crippen LogP contribution in [0.2, 0.25) is 10.3 Å². The minimum atomic E-state index is -0.449. The van der Waals surface area contributed by atoms with Crippen molar-refractivity contribution in [3.05, 3.63) is 34.3 Å². The molecule has 1 atom stereocenters. The number of rotatable bonds is 3. The SMILES string of the molecule is CCCC(C)(N)c1cnc(Cl)c2cnc(Cl)cc12. The van der Waals surface area contributed by atoms with Gasteiger partial charge in [-0.05, 0) is 30.4 Å². The molecule has 2 N–H and O–H groups in total. The van der Waals surface area contributed by atoms with Crippen molar-refractivity contribution in [2.45, 2.75) is 32.2 Å². The summed E-state index contributed by atoms with van der Waals surface area (Å²) in [5.74, 6) is 0. The van der Waals surface area contributed by atoms with Crippen LogP contribution in [0.15, 0.2) is 18.5 Å². The molecule has 2 heterocycles. The highest BCUT2D eigenvalue weighted by Crippen LogP contribution is 2.33. The second-order valence-corrected chi connectivity index (χ2v) is 5.43. The van der Waals surface area contributed by atoms with Gasteiger partial charge in [0.15, 0.2) is 0 Å². The van der Waals surface area contributed by atoms with Crippen molar-refractivity contribution < 1.29 is 0 Å². The van der Waals surface area contributed by atoms with Crippen molar-refractivity contribution >= 4 is 34.0 Å². The zero-order chi connectivity index (χ0) is 13.3. The lowest BCUT2D eigenvalue weighted by molar-refractivity contribution is 0.449. The standard InChI is InChI=1S/C13H15Cl2N3/c1-3-4-13(2,16)10-7-18-12(15)9-6-17-11(14)5-8(9)10/h5-7H,3-4,16H2,1-2H3. The van der Waals surface area contributed by atoms with E-state index in [4.69, 9.17) is 28.9 Å². The Hall–Kier alpha value is -0.900. The fourth-order valence-corrected chi connectivity index (χ4v) is 2.54. The van der Waals surface area contributed by atoms with Gasteiger partial charge in [-0.25, -0.2) is 9.97 Å². The molecule has 0 aliphatic carbocycles. The van der Waals surface area contributed by atoms with Gasteiger partial charge in [0.2, 0.25) is 0 Å². The van der Waals surface area contributed by atoms with Gasteiger partial charge in [-0.3, -0.25) is 0 Å². The maximum Gasteiger partial charge on any atom is 0.138 e. The van der Waals surface area contributed by atoms with Gasteiger partial charge >= 0.3 is 0 Å². The lowest BCUT2D eigenvalue weighted by atomic mass is 9.87. The molecule has 96 valence electrons. The third-order valence-corrected chi connectivity index (χ3v) is 3.58. The predicted octanol–water partition coefficient (Wildman–Crippen LogP) is 3.91. The molecule has 0 spiro atoms. The Kier molecular flexibility index (Phi) is 3.76. The maximum absolute atomic E-state index is 6.37. The number of aromatic nitrogens is 2. The molecule has 18 heavy (non-hydrogen) atoms. The molecule has 3 nitrogen and oxygen atoms in total. The van der Waals surface area contributed by atoms with Crippen LogP contribution in [0.3, 0.4) is 0 Å². The second kappa shape index (κ2) is 5.00. The number of hydrogen-bond donors (Lipinski definition) is 1. The highest BCUT2D eigenvalue weighted by atomic mass is 35.5. The van der Waals surface area contributed by atoms with Crippen molar-refractivity contribution in [2.24, 2.45) is 5.73 Å². The van der Waals surface area contributed by atoms with Gasteiger partial charge in [-0.15, -0.1) is 0 Å². The Morgan fingerprint density at radius 3 is 2.61 bits per heavy atom. The molecule has 0 amide bonds. The molecule has 0 radical (unpaired) electrons. The van der Waals surface area contributed by atoms with Crippen LogP contribution in [0.1, 0.15) is 32.3 Å². The topological polar surface area (TPSA) is 51.8 Å². The lowest BCUT2D eigenvalue weighted by Gasteiger charge is -2.26. The molecule has 2 aromatic heterocycles. The number of pyridine rings is 2. The van der Waals surface area contributed by atoms with Gasteiger partial charge in [0.1, 0.15) is 10.3 Å². The minimum Gasteiger partial charge on any atom is -0.322 e. The van der Waals surface area contributed by atoms with Gasteiger partial charge in [-0.1, -0.05) is 36.5 Å².